The molecule has 1 rings (SSSR count). The topological polar surface area (TPSA) is 84.4 Å². The summed E-state index contributed by atoms with van der Waals surface area (Å²) in [6.45, 7) is 12.8. The number of nitrogens with two attached hydrogens (primary N) is 1. The Hall–Kier alpha value is -1.31. The van der Waals surface area contributed by atoms with Crippen LogP contribution in [0.15, 0.2) is 16.6 Å². The number of rotatable bonds is 9. The van der Waals surface area contributed by atoms with E-state index in [-0.39, 0.29) is 30.2 Å². The lowest BCUT2D eigenvalue weighted by atomic mass is 10.1. The average Bonchev–Trinajstić information content (AvgIpc) is 2.51. The van der Waals surface area contributed by atoms with Crippen molar-refractivity contribution in [2.45, 2.75) is 59.2 Å². The van der Waals surface area contributed by atoms with Gasteiger partial charge in [0.1, 0.15) is 12.1 Å². The molecule has 0 aromatic heterocycles. The molecule has 1 amide bonds. The van der Waals surface area contributed by atoms with E-state index in [9.17, 15) is 9.90 Å². The zero-order chi connectivity index (χ0) is 20.0. The maximum atomic E-state index is 12.0. The summed E-state index contributed by atoms with van der Waals surface area (Å²) in [6.07, 6.45) is 0. The molecule has 1 aromatic carbocycles. The first-order chi connectivity index (χ1) is 12.0. The van der Waals surface area contributed by atoms with Crippen molar-refractivity contribution in [2.24, 2.45) is 0 Å². The van der Waals surface area contributed by atoms with Gasteiger partial charge in [-0.2, -0.15) is 0 Å². The van der Waals surface area contributed by atoms with Crippen LogP contribution in [0.25, 0.3) is 0 Å². The summed E-state index contributed by atoms with van der Waals surface area (Å²) in [5.74, 6) is 0.922. The van der Waals surface area contributed by atoms with E-state index in [0.29, 0.717) is 24.7 Å². The molecule has 0 heterocycles. The molecule has 26 heavy (non-hydrogen) atoms. The lowest BCUT2D eigenvalue weighted by molar-refractivity contribution is -0.736. The molecule has 0 unspecified atom stereocenters. The van der Waals surface area contributed by atoms with Crippen LogP contribution in [0.2, 0.25) is 0 Å². The normalized spacial score (nSPS) is 12.0. The summed E-state index contributed by atoms with van der Waals surface area (Å²) in [5, 5.41) is 14.3. The fraction of sp³-hybridized carbons (Fsp3) is 0.632. The molecular weight excluding hydrogens is 400 g/mol. The SMILES string of the molecule is CCOc1cc(C[NH2+]C(C)(C)CO)cc(Br)c1OCC(=O)NC(C)(C)C. The lowest BCUT2D eigenvalue weighted by Crippen LogP contribution is -2.95. The van der Waals surface area contributed by atoms with Crippen molar-refractivity contribution in [1.29, 1.82) is 0 Å². The van der Waals surface area contributed by atoms with Crippen molar-refractivity contribution in [3.63, 3.8) is 0 Å². The summed E-state index contributed by atoms with van der Waals surface area (Å²) in [5.41, 5.74) is 0.478. The Labute approximate surface area is 164 Å². The minimum absolute atomic E-state index is 0.0844. The van der Waals surface area contributed by atoms with Crippen LogP contribution >= 0.6 is 15.9 Å². The van der Waals surface area contributed by atoms with Crippen molar-refractivity contribution in [3.05, 3.63) is 22.2 Å². The monoisotopic (exact) mass is 431 g/mol. The van der Waals surface area contributed by atoms with Crippen molar-refractivity contribution in [1.82, 2.24) is 5.32 Å². The molecule has 1 aromatic rings. The molecule has 6 nitrogen and oxygen atoms in total. The molecule has 148 valence electrons. The highest BCUT2D eigenvalue weighted by Gasteiger charge is 2.21. The Balaban J connectivity index is 2.90. The first-order valence-corrected chi connectivity index (χ1v) is 9.61. The largest absolute Gasteiger partial charge is 0.490 e. The molecule has 4 N–H and O–H groups in total. The molecule has 0 aliphatic rings. The summed E-state index contributed by atoms with van der Waals surface area (Å²) < 4.78 is 12.1. The second-order valence-electron chi connectivity index (χ2n) is 7.98. The molecule has 0 radical (unpaired) electrons. The van der Waals surface area contributed by atoms with Gasteiger partial charge in [0.15, 0.2) is 18.1 Å². The van der Waals surface area contributed by atoms with Crippen LogP contribution in [0.3, 0.4) is 0 Å². The van der Waals surface area contributed by atoms with Crippen molar-refractivity contribution in [2.75, 3.05) is 19.8 Å². The standard InChI is InChI=1S/C19H31BrN2O4/c1-7-25-15-9-13(10-21-19(5,6)12-23)8-14(20)17(15)26-11-16(24)22-18(2,3)4/h8-9,21,23H,7,10-12H2,1-6H3,(H,22,24)/p+1. The van der Waals surface area contributed by atoms with Gasteiger partial charge in [0.25, 0.3) is 5.91 Å². The van der Waals surface area contributed by atoms with Crippen LogP contribution in [0, 0.1) is 0 Å². The van der Waals surface area contributed by atoms with E-state index in [2.05, 4.69) is 26.6 Å². The zero-order valence-corrected chi connectivity index (χ0v) is 18.2. The number of hydrogen-bond donors (Lipinski definition) is 3. The number of ether oxygens (including phenoxy) is 2. The van der Waals surface area contributed by atoms with E-state index in [1.165, 1.54) is 0 Å². The number of carbonyl (C=O) groups is 1. The van der Waals surface area contributed by atoms with E-state index in [1.807, 2.05) is 53.7 Å². The molecule has 0 saturated heterocycles. The smallest absolute Gasteiger partial charge is 0.258 e. The molecule has 0 spiro atoms. The first-order valence-electron chi connectivity index (χ1n) is 8.81. The van der Waals surface area contributed by atoms with Crippen LogP contribution < -0.4 is 20.1 Å². The van der Waals surface area contributed by atoms with Gasteiger partial charge < -0.3 is 25.2 Å². The van der Waals surface area contributed by atoms with Crippen LogP contribution in [-0.4, -0.2) is 41.9 Å². The van der Waals surface area contributed by atoms with Gasteiger partial charge in [0, 0.05) is 11.1 Å². The van der Waals surface area contributed by atoms with Crippen molar-refractivity contribution in [3.8, 4) is 11.5 Å². The first kappa shape index (κ1) is 22.7. The molecule has 0 bridgehead atoms. The molecule has 0 aliphatic carbocycles. The van der Waals surface area contributed by atoms with Crippen LogP contribution in [0.5, 0.6) is 11.5 Å². The lowest BCUT2D eigenvalue weighted by Gasteiger charge is -2.22. The second kappa shape index (κ2) is 9.58. The van der Waals surface area contributed by atoms with E-state index >= 15 is 0 Å². The van der Waals surface area contributed by atoms with E-state index in [4.69, 9.17) is 9.47 Å². The van der Waals surface area contributed by atoms with Gasteiger partial charge in [0.05, 0.1) is 17.7 Å². The van der Waals surface area contributed by atoms with Gasteiger partial charge in [-0.25, -0.2) is 0 Å². The second-order valence-corrected chi connectivity index (χ2v) is 8.83. The van der Waals surface area contributed by atoms with Gasteiger partial charge in [-0.15, -0.1) is 0 Å². The molecule has 7 heteroatoms. The third-order valence-electron chi connectivity index (χ3n) is 3.53. The highest BCUT2D eigenvalue weighted by molar-refractivity contribution is 9.10. The number of benzene rings is 1. The third-order valence-corrected chi connectivity index (χ3v) is 4.12. The number of carbonyl (C=O) groups excluding carboxylic acids is 1. The van der Waals surface area contributed by atoms with Gasteiger partial charge in [-0.3, -0.25) is 4.79 Å². The summed E-state index contributed by atoms with van der Waals surface area (Å²) in [6, 6.07) is 3.86. The van der Waals surface area contributed by atoms with Crippen molar-refractivity contribution < 1.29 is 24.7 Å². The summed E-state index contributed by atoms with van der Waals surface area (Å²) >= 11 is 3.52. The predicted molar refractivity (Wildman–Crippen MR) is 105 cm³/mol. The van der Waals surface area contributed by atoms with Gasteiger partial charge in [0.2, 0.25) is 0 Å². The predicted octanol–water partition coefficient (Wildman–Crippen LogP) is 1.98. The number of nitrogens with one attached hydrogen (secondary N) is 1. The average molecular weight is 432 g/mol. The van der Waals surface area contributed by atoms with Crippen molar-refractivity contribution >= 4 is 21.8 Å². The van der Waals surface area contributed by atoms with Crippen LogP contribution in [0.1, 0.15) is 47.1 Å². The van der Waals surface area contributed by atoms with E-state index in [0.717, 1.165) is 10.0 Å². The fourth-order valence-corrected chi connectivity index (χ4v) is 2.80. The number of hydrogen-bond acceptors (Lipinski definition) is 4. The minimum Gasteiger partial charge on any atom is -0.490 e. The zero-order valence-electron chi connectivity index (χ0n) is 16.6. The number of halogens is 1. The van der Waals surface area contributed by atoms with Gasteiger partial charge in [-0.05, 0) is 69.6 Å². The maximum Gasteiger partial charge on any atom is 0.258 e. The van der Waals surface area contributed by atoms with E-state index < -0.39 is 0 Å². The minimum atomic E-state index is -0.306. The molecule has 0 fully saturated rings. The molecule has 0 aliphatic heterocycles. The Morgan fingerprint density at radius 3 is 2.42 bits per heavy atom. The molecule has 0 saturated carbocycles. The highest BCUT2D eigenvalue weighted by atomic mass is 79.9. The summed E-state index contributed by atoms with van der Waals surface area (Å²) in [7, 11) is 0. The van der Waals surface area contributed by atoms with Gasteiger partial charge in [-0.1, -0.05) is 0 Å². The Morgan fingerprint density at radius 1 is 1.23 bits per heavy atom. The highest BCUT2D eigenvalue weighted by Crippen LogP contribution is 2.36. The quantitative estimate of drug-likeness (QED) is 0.557. The Bertz CT molecular complexity index is 612. The third kappa shape index (κ3) is 7.93. The Kier molecular flexibility index (Phi) is 8.37. The fourth-order valence-electron chi connectivity index (χ4n) is 2.19. The van der Waals surface area contributed by atoms with E-state index in [1.54, 1.807) is 0 Å². The van der Waals surface area contributed by atoms with Crippen LogP contribution in [-0.2, 0) is 11.3 Å². The van der Waals surface area contributed by atoms with Crippen LogP contribution in [0.4, 0.5) is 0 Å². The Morgan fingerprint density at radius 2 is 1.88 bits per heavy atom. The molecular formula is C19H32BrN2O4+. The number of aliphatic hydroxyl groups excluding tert-OH is 1. The maximum absolute atomic E-state index is 12.0. The number of amides is 1. The van der Waals surface area contributed by atoms with Gasteiger partial charge >= 0.3 is 0 Å². The summed E-state index contributed by atoms with van der Waals surface area (Å²) in [4.78, 5) is 12.0. The number of quaternary nitrogens is 1. The molecule has 0 atom stereocenters. The number of aliphatic hydroxyl groups is 1.